The Bertz CT molecular complexity index is 607. The van der Waals surface area contributed by atoms with Gasteiger partial charge >= 0.3 is 6.18 Å². The van der Waals surface area contributed by atoms with Gasteiger partial charge in [0, 0.05) is 12.1 Å². The third-order valence-corrected chi connectivity index (χ3v) is 3.72. The minimum Gasteiger partial charge on any atom is -0.349 e. The largest absolute Gasteiger partial charge is 0.416 e. The molecule has 1 N–H and O–H groups in total. The van der Waals surface area contributed by atoms with E-state index in [4.69, 9.17) is 0 Å². The Balaban J connectivity index is 2.63. The smallest absolute Gasteiger partial charge is 0.349 e. The molecule has 1 saturated heterocycles. The Labute approximate surface area is 128 Å². The van der Waals surface area contributed by atoms with Crippen molar-refractivity contribution in [3.63, 3.8) is 0 Å². The van der Waals surface area contributed by atoms with Gasteiger partial charge in [0.1, 0.15) is 0 Å². The summed E-state index contributed by atoms with van der Waals surface area (Å²) in [5, 5.41) is 22.3. The molecule has 23 heavy (non-hydrogen) atoms. The molecule has 0 atom stereocenters. The molecule has 1 aliphatic heterocycles. The van der Waals surface area contributed by atoms with Crippen molar-refractivity contribution in [3.8, 4) is 0 Å². The van der Waals surface area contributed by atoms with E-state index in [-0.39, 0.29) is 5.69 Å². The number of alkyl halides is 3. The van der Waals surface area contributed by atoms with Gasteiger partial charge in [-0.05, 0) is 0 Å². The molecule has 0 bridgehead atoms. The van der Waals surface area contributed by atoms with Crippen molar-refractivity contribution in [3.05, 3.63) is 37.9 Å². The van der Waals surface area contributed by atoms with E-state index < -0.39 is 33.0 Å². The number of hydrogen-bond donors (Lipinski definition) is 1. The van der Waals surface area contributed by atoms with Crippen LogP contribution in [-0.2, 0) is 6.18 Å². The minimum absolute atomic E-state index is 0.291. The summed E-state index contributed by atoms with van der Waals surface area (Å²) in [7, 11) is 1.90. The van der Waals surface area contributed by atoms with Gasteiger partial charge in [-0.2, -0.15) is 13.2 Å². The fourth-order valence-corrected chi connectivity index (χ4v) is 2.48. The number of nitro groups is 2. The molecule has 1 fully saturated rings. The van der Waals surface area contributed by atoms with Gasteiger partial charge < -0.3 is 9.80 Å². The number of halogens is 3. The highest BCUT2D eigenvalue weighted by molar-refractivity contribution is 5.76. The molecule has 0 aliphatic carbocycles. The van der Waals surface area contributed by atoms with Crippen LogP contribution in [0.2, 0.25) is 0 Å². The highest BCUT2D eigenvalue weighted by Gasteiger charge is 2.39. The molecule has 0 unspecified atom stereocenters. The van der Waals surface area contributed by atoms with Gasteiger partial charge in [0.25, 0.3) is 11.4 Å². The molecule has 126 valence electrons. The van der Waals surface area contributed by atoms with Crippen LogP contribution in [0.4, 0.5) is 30.2 Å². The number of likely N-dealkylation sites (N-methyl/N-ethyl adjacent to an activating group) is 1. The third-order valence-electron chi connectivity index (χ3n) is 3.72. The summed E-state index contributed by atoms with van der Waals surface area (Å²) in [4.78, 5) is 22.9. The Morgan fingerprint density at radius 1 is 1.09 bits per heavy atom. The Morgan fingerprint density at radius 2 is 1.52 bits per heavy atom. The minimum atomic E-state index is -4.90. The zero-order valence-electron chi connectivity index (χ0n) is 12.1. The number of nitrogens with one attached hydrogen (secondary N) is 1. The molecule has 0 saturated carbocycles. The van der Waals surface area contributed by atoms with Crippen LogP contribution in [0, 0.1) is 20.2 Å². The monoisotopic (exact) mass is 335 g/mol. The maximum absolute atomic E-state index is 12.8. The quantitative estimate of drug-likeness (QED) is 0.653. The van der Waals surface area contributed by atoms with Crippen LogP contribution >= 0.6 is 0 Å². The number of nitro benzene ring substituents is 2. The van der Waals surface area contributed by atoms with Crippen molar-refractivity contribution in [2.24, 2.45) is 0 Å². The van der Waals surface area contributed by atoms with Crippen molar-refractivity contribution < 1.29 is 27.9 Å². The predicted molar refractivity (Wildman–Crippen MR) is 73.6 cm³/mol. The lowest BCUT2D eigenvalue weighted by Crippen LogP contribution is -3.12. The fourth-order valence-electron chi connectivity index (χ4n) is 2.48. The number of hydrogen-bond acceptors (Lipinski definition) is 5. The van der Waals surface area contributed by atoms with E-state index in [1.165, 1.54) is 4.90 Å². The predicted octanol–water partition coefficient (Wildman–Crippen LogP) is 0.857. The van der Waals surface area contributed by atoms with Crippen molar-refractivity contribution >= 4 is 17.1 Å². The summed E-state index contributed by atoms with van der Waals surface area (Å²) in [6.45, 7) is 1.74. The molecule has 0 amide bonds. The average Bonchev–Trinajstić information content (AvgIpc) is 2.45. The molecular formula is C12H14F3N4O4+. The van der Waals surface area contributed by atoms with Crippen molar-refractivity contribution in [2.75, 3.05) is 38.1 Å². The number of quaternary nitrogens is 1. The van der Waals surface area contributed by atoms with Gasteiger partial charge in [-0.1, -0.05) is 0 Å². The highest BCUT2D eigenvalue weighted by Crippen LogP contribution is 2.43. The summed E-state index contributed by atoms with van der Waals surface area (Å²) >= 11 is 0. The second kappa shape index (κ2) is 5.99. The molecule has 0 radical (unpaired) electrons. The summed E-state index contributed by atoms with van der Waals surface area (Å²) in [6.07, 6.45) is -4.90. The van der Waals surface area contributed by atoms with Gasteiger partial charge in [-0.25, -0.2) is 0 Å². The van der Waals surface area contributed by atoms with E-state index in [1.54, 1.807) is 0 Å². The molecule has 1 aliphatic rings. The van der Waals surface area contributed by atoms with Crippen molar-refractivity contribution in [1.82, 2.24) is 0 Å². The highest BCUT2D eigenvalue weighted by atomic mass is 19.4. The first-order valence-electron chi connectivity index (χ1n) is 6.71. The Kier molecular flexibility index (Phi) is 4.41. The zero-order valence-corrected chi connectivity index (χ0v) is 12.1. The molecule has 0 aromatic heterocycles. The average molecular weight is 335 g/mol. The van der Waals surface area contributed by atoms with Crippen LogP contribution in [-0.4, -0.2) is 43.1 Å². The van der Waals surface area contributed by atoms with E-state index in [9.17, 15) is 33.4 Å². The number of anilines is 1. The SMILES string of the molecule is C[NH+]1CCN(c2c([N+](=O)[O-])cc(C(F)(F)F)cc2[N+](=O)[O-])CC1. The van der Waals surface area contributed by atoms with E-state index >= 15 is 0 Å². The zero-order chi connectivity index (χ0) is 17.4. The van der Waals surface area contributed by atoms with Gasteiger partial charge in [0.05, 0.1) is 48.6 Å². The van der Waals surface area contributed by atoms with Crippen molar-refractivity contribution in [1.29, 1.82) is 0 Å². The van der Waals surface area contributed by atoms with E-state index in [2.05, 4.69) is 0 Å². The second-order valence-corrected chi connectivity index (χ2v) is 5.32. The lowest BCUT2D eigenvalue weighted by atomic mass is 10.1. The molecule has 1 aromatic carbocycles. The first-order chi connectivity index (χ1) is 10.6. The molecule has 11 heteroatoms. The van der Waals surface area contributed by atoms with E-state index in [0.29, 0.717) is 38.3 Å². The first kappa shape index (κ1) is 16.9. The summed E-state index contributed by atoms with van der Waals surface area (Å²) in [5.74, 6) is 0. The lowest BCUT2D eigenvalue weighted by molar-refractivity contribution is -0.880. The molecule has 2 rings (SSSR count). The summed E-state index contributed by atoms with van der Waals surface area (Å²) in [6, 6.07) is 0.709. The van der Waals surface area contributed by atoms with Crippen LogP contribution < -0.4 is 9.80 Å². The van der Waals surface area contributed by atoms with E-state index in [1.807, 2.05) is 7.05 Å². The Hall–Kier alpha value is -2.43. The maximum Gasteiger partial charge on any atom is 0.416 e. The standard InChI is InChI=1S/C12H13F3N4O4/c1-16-2-4-17(5-3-16)11-9(18(20)21)6-8(12(13,14)15)7-10(11)19(22)23/h6-7H,2-5H2,1H3/p+1. The van der Waals surface area contributed by atoms with Crippen LogP contribution in [0.15, 0.2) is 12.1 Å². The molecule has 1 heterocycles. The normalized spacial score (nSPS) is 16.4. The first-order valence-corrected chi connectivity index (χ1v) is 6.71. The fraction of sp³-hybridized carbons (Fsp3) is 0.500. The maximum atomic E-state index is 12.8. The van der Waals surface area contributed by atoms with Crippen LogP contribution in [0.5, 0.6) is 0 Å². The van der Waals surface area contributed by atoms with Crippen LogP contribution in [0.3, 0.4) is 0 Å². The summed E-state index contributed by atoms with van der Waals surface area (Å²) in [5.41, 5.74) is -3.56. The van der Waals surface area contributed by atoms with Gasteiger partial charge in [-0.3, -0.25) is 20.2 Å². The number of piperazine rings is 1. The Morgan fingerprint density at radius 3 is 1.87 bits per heavy atom. The molecular weight excluding hydrogens is 321 g/mol. The van der Waals surface area contributed by atoms with Gasteiger partial charge in [0.2, 0.25) is 0 Å². The third kappa shape index (κ3) is 3.50. The molecule has 8 nitrogen and oxygen atoms in total. The lowest BCUT2D eigenvalue weighted by Gasteiger charge is -2.31. The summed E-state index contributed by atoms with van der Waals surface area (Å²) < 4.78 is 38.5. The topological polar surface area (TPSA) is 94.0 Å². The number of benzene rings is 1. The van der Waals surface area contributed by atoms with E-state index in [0.717, 1.165) is 4.90 Å². The van der Waals surface area contributed by atoms with Gasteiger partial charge in [0.15, 0.2) is 5.69 Å². The van der Waals surface area contributed by atoms with Crippen molar-refractivity contribution in [2.45, 2.75) is 6.18 Å². The molecule has 0 spiro atoms. The van der Waals surface area contributed by atoms with Crippen LogP contribution in [0.1, 0.15) is 5.56 Å². The molecule has 1 aromatic rings. The number of nitrogens with zero attached hydrogens (tertiary/aromatic N) is 3. The second-order valence-electron chi connectivity index (χ2n) is 5.32. The van der Waals surface area contributed by atoms with Crippen LogP contribution in [0.25, 0.3) is 0 Å². The van der Waals surface area contributed by atoms with Gasteiger partial charge in [-0.15, -0.1) is 0 Å². The number of rotatable bonds is 3.